The summed E-state index contributed by atoms with van der Waals surface area (Å²) in [7, 11) is 0. The van der Waals surface area contributed by atoms with Crippen LogP contribution in [0.4, 0.5) is 0 Å². The van der Waals surface area contributed by atoms with Crippen LogP contribution in [-0.4, -0.2) is 71.7 Å². The molecule has 0 aromatic heterocycles. The van der Waals surface area contributed by atoms with Crippen LogP contribution in [0.25, 0.3) is 0 Å². The van der Waals surface area contributed by atoms with Crippen molar-refractivity contribution in [3.8, 4) is 0 Å². The second kappa shape index (κ2) is 16.2. The largest absolute Gasteiger partial charge is 0.372 e. The lowest BCUT2D eigenvalue weighted by atomic mass is 9.88. The first-order chi connectivity index (χ1) is 18.6. The van der Waals surface area contributed by atoms with Gasteiger partial charge >= 0.3 is 0 Å². The second-order valence-corrected chi connectivity index (χ2v) is 12.7. The summed E-state index contributed by atoms with van der Waals surface area (Å²) < 4.78 is 12.0. The molecule has 2 amide bonds. The van der Waals surface area contributed by atoms with E-state index >= 15 is 0 Å². The lowest BCUT2D eigenvalue weighted by Gasteiger charge is -2.42. The third-order valence-corrected chi connectivity index (χ3v) is 9.83. The van der Waals surface area contributed by atoms with Crippen LogP contribution in [0.5, 0.6) is 0 Å². The molecule has 38 heavy (non-hydrogen) atoms. The SMILES string of the molecule is CC(CCOCC(=O)N(C1CCCCC1)C1CCCCC1)OCC(=O)N(C1CCCCC1)C1CCCCC1. The molecule has 6 heteroatoms. The van der Waals surface area contributed by atoms with E-state index in [4.69, 9.17) is 9.47 Å². The van der Waals surface area contributed by atoms with Gasteiger partial charge in [-0.05, 0) is 64.7 Å². The number of carbonyl (C=O) groups is 2. The minimum Gasteiger partial charge on any atom is -0.372 e. The molecule has 0 heterocycles. The Balaban J connectivity index is 1.19. The van der Waals surface area contributed by atoms with Crippen molar-refractivity contribution in [3.63, 3.8) is 0 Å². The summed E-state index contributed by atoms with van der Waals surface area (Å²) >= 11 is 0. The van der Waals surface area contributed by atoms with E-state index in [0.717, 1.165) is 51.4 Å². The van der Waals surface area contributed by atoms with Gasteiger partial charge < -0.3 is 19.3 Å². The van der Waals surface area contributed by atoms with Gasteiger partial charge in [0, 0.05) is 30.8 Å². The van der Waals surface area contributed by atoms with E-state index in [1.54, 1.807) is 0 Å². The zero-order valence-electron chi connectivity index (χ0n) is 24.4. The first kappa shape index (κ1) is 29.8. The molecule has 218 valence electrons. The number of hydrogen-bond donors (Lipinski definition) is 0. The fourth-order valence-corrected chi connectivity index (χ4v) is 7.70. The van der Waals surface area contributed by atoms with Gasteiger partial charge in [-0.2, -0.15) is 0 Å². The van der Waals surface area contributed by atoms with Gasteiger partial charge in [-0.1, -0.05) is 77.0 Å². The molecule has 0 aromatic carbocycles. The van der Waals surface area contributed by atoms with Gasteiger partial charge in [-0.15, -0.1) is 0 Å². The summed E-state index contributed by atoms with van der Waals surface area (Å²) in [6, 6.07) is 1.63. The zero-order valence-corrected chi connectivity index (χ0v) is 24.4. The molecule has 0 radical (unpaired) electrons. The van der Waals surface area contributed by atoms with Crippen LogP contribution < -0.4 is 0 Å². The number of ether oxygens (including phenoxy) is 2. The highest BCUT2D eigenvalue weighted by Gasteiger charge is 2.34. The summed E-state index contributed by atoms with van der Waals surface area (Å²) in [6.07, 6.45) is 25.0. The maximum absolute atomic E-state index is 13.4. The first-order valence-electron chi connectivity index (χ1n) is 16.4. The van der Waals surface area contributed by atoms with Gasteiger partial charge in [0.25, 0.3) is 0 Å². The van der Waals surface area contributed by atoms with Crippen LogP contribution in [0.15, 0.2) is 0 Å². The molecule has 1 atom stereocenters. The van der Waals surface area contributed by atoms with E-state index in [0.29, 0.717) is 37.2 Å². The van der Waals surface area contributed by atoms with Crippen LogP contribution in [0, 0.1) is 0 Å². The molecule has 0 aliphatic heterocycles. The molecule has 6 nitrogen and oxygen atoms in total. The number of hydrogen-bond acceptors (Lipinski definition) is 4. The highest BCUT2D eigenvalue weighted by molar-refractivity contribution is 5.78. The molecular weight excluding hydrogens is 476 g/mol. The average Bonchev–Trinajstić information content (AvgIpc) is 2.97. The van der Waals surface area contributed by atoms with Gasteiger partial charge in [0.1, 0.15) is 13.2 Å². The minimum atomic E-state index is -0.0543. The fourth-order valence-electron chi connectivity index (χ4n) is 7.70. The van der Waals surface area contributed by atoms with E-state index in [1.165, 1.54) is 77.0 Å². The van der Waals surface area contributed by atoms with Crippen molar-refractivity contribution < 1.29 is 19.1 Å². The number of nitrogens with zero attached hydrogens (tertiary/aromatic N) is 2. The van der Waals surface area contributed by atoms with Crippen LogP contribution in [0.2, 0.25) is 0 Å². The molecule has 4 fully saturated rings. The number of amides is 2. The Morgan fingerprint density at radius 2 is 0.921 bits per heavy atom. The highest BCUT2D eigenvalue weighted by Crippen LogP contribution is 2.31. The Morgan fingerprint density at radius 1 is 0.579 bits per heavy atom. The summed E-state index contributed by atoms with van der Waals surface area (Å²) in [5.41, 5.74) is 0. The van der Waals surface area contributed by atoms with Gasteiger partial charge in [0.05, 0.1) is 6.10 Å². The Morgan fingerprint density at radius 3 is 1.29 bits per heavy atom. The molecule has 1 unspecified atom stereocenters. The predicted molar refractivity (Wildman–Crippen MR) is 152 cm³/mol. The average molecular weight is 533 g/mol. The highest BCUT2D eigenvalue weighted by atomic mass is 16.5. The standard InChI is InChI=1S/C32H56N2O4/c1-26(38-25-32(36)34(29-18-10-4-11-19-29)30-20-12-5-13-21-30)22-23-37-24-31(35)33(27-14-6-2-7-15-27)28-16-8-3-9-17-28/h26-30H,2-25H2,1H3. The normalized spacial score (nSPS) is 23.7. The molecule has 0 bridgehead atoms. The molecule has 0 N–H and O–H groups in total. The molecule has 4 rings (SSSR count). The van der Waals surface area contributed by atoms with Crippen LogP contribution in [0.3, 0.4) is 0 Å². The van der Waals surface area contributed by atoms with Gasteiger partial charge in [0.2, 0.25) is 11.8 Å². The number of rotatable bonds is 12. The maximum Gasteiger partial charge on any atom is 0.249 e. The minimum absolute atomic E-state index is 0.0543. The third kappa shape index (κ3) is 8.94. The summed E-state index contributed by atoms with van der Waals surface area (Å²) in [4.78, 5) is 31.1. The Labute approximate surface area is 232 Å². The van der Waals surface area contributed by atoms with Gasteiger partial charge in [-0.3, -0.25) is 9.59 Å². The molecule has 4 aliphatic carbocycles. The van der Waals surface area contributed by atoms with Crippen molar-refractivity contribution in [2.24, 2.45) is 0 Å². The number of carbonyl (C=O) groups excluding carboxylic acids is 2. The lowest BCUT2D eigenvalue weighted by Crippen LogP contribution is -2.50. The topological polar surface area (TPSA) is 59.1 Å². The smallest absolute Gasteiger partial charge is 0.249 e. The molecule has 4 aliphatic rings. The first-order valence-corrected chi connectivity index (χ1v) is 16.4. The van der Waals surface area contributed by atoms with Crippen molar-refractivity contribution in [2.45, 2.75) is 172 Å². The second-order valence-electron chi connectivity index (χ2n) is 12.7. The molecule has 0 spiro atoms. The van der Waals surface area contributed by atoms with E-state index < -0.39 is 0 Å². The van der Waals surface area contributed by atoms with Crippen LogP contribution in [0.1, 0.15) is 142 Å². The summed E-state index contributed by atoms with van der Waals surface area (Å²) in [5, 5.41) is 0. The van der Waals surface area contributed by atoms with E-state index in [1.807, 2.05) is 6.92 Å². The fraction of sp³-hybridized carbons (Fsp3) is 0.938. The molecular formula is C32H56N2O4. The van der Waals surface area contributed by atoms with Crippen LogP contribution >= 0.6 is 0 Å². The third-order valence-electron chi connectivity index (χ3n) is 9.83. The predicted octanol–water partition coefficient (Wildman–Crippen LogP) is 6.79. The maximum atomic E-state index is 13.4. The van der Waals surface area contributed by atoms with E-state index in [2.05, 4.69) is 9.80 Å². The van der Waals surface area contributed by atoms with Crippen molar-refractivity contribution in [1.29, 1.82) is 0 Å². The van der Waals surface area contributed by atoms with Gasteiger partial charge in [-0.25, -0.2) is 0 Å². The Bertz CT molecular complexity index is 656. The molecule has 0 aromatic rings. The molecule has 4 saturated carbocycles. The molecule has 0 saturated heterocycles. The summed E-state index contributed by atoms with van der Waals surface area (Å²) in [5.74, 6) is 0.366. The Hall–Kier alpha value is -1.14. The van der Waals surface area contributed by atoms with E-state index in [-0.39, 0.29) is 31.1 Å². The van der Waals surface area contributed by atoms with Crippen molar-refractivity contribution >= 4 is 11.8 Å². The Kier molecular flexibility index (Phi) is 12.7. The van der Waals surface area contributed by atoms with Crippen molar-refractivity contribution in [1.82, 2.24) is 9.80 Å². The zero-order chi connectivity index (χ0) is 26.6. The summed E-state index contributed by atoms with van der Waals surface area (Å²) in [6.45, 7) is 2.87. The van der Waals surface area contributed by atoms with Crippen molar-refractivity contribution in [3.05, 3.63) is 0 Å². The van der Waals surface area contributed by atoms with Crippen LogP contribution in [-0.2, 0) is 19.1 Å². The lowest BCUT2D eigenvalue weighted by molar-refractivity contribution is -0.145. The monoisotopic (exact) mass is 532 g/mol. The van der Waals surface area contributed by atoms with Gasteiger partial charge in [0.15, 0.2) is 0 Å². The van der Waals surface area contributed by atoms with Crippen molar-refractivity contribution in [2.75, 3.05) is 19.8 Å². The quantitative estimate of drug-likeness (QED) is 0.260. The van der Waals surface area contributed by atoms with E-state index in [9.17, 15) is 9.59 Å².